The summed E-state index contributed by atoms with van der Waals surface area (Å²) in [7, 11) is 0. The van der Waals surface area contributed by atoms with Crippen molar-refractivity contribution in [3.05, 3.63) is 89.7 Å². The first-order valence-corrected chi connectivity index (χ1v) is 13.3. The number of nitrogens with one attached hydrogen (secondary N) is 1. The Morgan fingerprint density at radius 2 is 1.79 bits per heavy atom. The second kappa shape index (κ2) is 12.1. The normalized spacial score (nSPS) is 13.9. The van der Waals surface area contributed by atoms with Gasteiger partial charge in [-0.05, 0) is 54.4 Å². The van der Waals surface area contributed by atoms with Gasteiger partial charge in [-0.2, -0.15) is 0 Å². The Bertz CT molecular complexity index is 1460. The molecule has 39 heavy (non-hydrogen) atoms. The molecular formula is C31H32FN3O4. The molecule has 202 valence electrons. The number of halogens is 1. The topological polar surface area (TPSA) is 75.0 Å². The first kappa shape index (κ1) is 26.4. The third-order valence-electron chi connectivity index (χ3n) is 6.87. The highest BCUT2D eigenvalue weighted by Crippen LogP contribution is 2.33. The number of furan rings is 1. The number of unbranched alkanes of at least 4 members (excludes halogenated alkanes) is 1. The highest BCUT2D eigenvalue weighted by Gasteiger charge is 2.22. The molecule has 0 bridgehead atoms. The van der Waals surface area contributed by atoms with E-state index in [2.05, 4.69) is 23.2 Å². The lowest BCUT2D eigenvalue weighted by molar-refractivity contribution is 0.0737. The number of hydrogen-bond acceptors (Lipinski definition) is 5. The van der Waals surface area contributed by atoms with Gasteiger partial charge in [0.15, 0.2) is 0 Å². The molecular weight excluding hydrogens is 497 g/mol. The Hall–Kier alpha value is -4.17. The van der Waals surface area contributed by atoms with Crippen molar-refractivity contribution in [1.29, 1.82) is 0 Å². The number of piperazine rings is 1. The van der Waals surface area contributed by atoms with Gasteiger partial charge in [0.2, 0.25) is 0 Å². The average Bonchev–Trinajstić information content (AvgIpc) is 3.37. The highest BCUT2D eigenvalue weighted by atomic mass is 19.1. The summed E-state index contributed by atoms with van der Waals surface area (Å²) >= 11 is 0. The van der Waals surface area contributed by atoms with Crippen LogP contribution in [0.4, 0.5) is 14.9 Å². The molecule has 4 aromatic rings. The van der Waals surface area contributed by atoms with Crippen molar-refractivity contribution < 1.29 is 23.1 Å². The van der Waals surface area contributed by atoms with Crippen LogP contribution in [0, 0.1) is 5.82 Å². The second-order valence-electron chi connectivity index (χ2n) is 9.72. The molecule has 0 spiro atoms. The van der Waals surface area contributed by atoms with E-state index in [0.29, 0.717) is 31.1 Å². The molecule has 7 nitrogen and oxygen atoms in total. The molecule has 1 fully saturated rings. The first-order chi connectivity index (χ1) is 19.0. The molecule has 1 N–H and O–H groups in total. The largest absolute Gasteiger partial charge is 0.456 e. The van der Waals surface area contributed by atoms with Crippen LogP contribution in [0.15, 0.2) is 77.2 Å². The third kappa shape index (κ3) is 6.46. The fraction of sp³-hybridized carbons (Fsp3) is 0.290. The van der Waals surface area contributed by atoms with Crippen molar-refractivity contribution in [3.8, 4) is 11.3 Å². The molecule has 0 saturated carbocycles. The molecule has 3 aromatic carbocycles. The molecule has 8 heteroatoms. The fourth-order valence-corrected chi connectivity index (χ4v) is 4.68. The number of amides is 2. The molecule has 5 rings (SSSR count). The van der Waals surface area contributed by atoms with E-state index < -0.39 is 11.7 Å². The fourth-order valence-electron chi connectivity index (χ4n) is 4.68. The van der Waals surface area contributed by atoms with E-state index in [1.807, 2.05) is 36.4 Å². The van der Waals surface area contributed by atoms with Crippen molar-refractivity contribution in [2.75, 3.05) is 38.1 Å². The third-order valence-corrected chi connectivity index (χ3v) is 6.87. The minimum Gasteiger partial charge on any atom is -0.456 e. The first-order valence-electron chi connectivity index (χ1n) is 13.3. The Morgan fingerprint density at radius 1 is 0.974 bits per heavy atom. The average molecular weight is 530 g/mol. The lowest BCUT2D eigenvalue weighted by Gasteiger charge is -2.34. The van der Waals surface area contributed by atoms with E-state index in [-0.39, 0.29) is 11.7 Å². The quantitative estimate of drug-likeness (QED) is 0.262. The maximum absolute atomic E-state index is 13.6. The summed E-state index contributed by atoms with van der Waals surface area (Å²) in [5.41, 5.74) is 3.44. The molecule has 0 radical (unpaired) electrons. The van der Waals surface area contributed by atoms with Crippen molar-refractivity contribution in [1.82, 2.24) is 9.80 Å². The lowest BCUT2D eigenvalue weighted by Crippen LogP contribution is -2.48. The van der Waals surface area contributed by atoms with E-state index >= 15 is 0 Å². The van der Waals surface area contributed by atoms with Gasteiger partial charge in [0.25, 0.3) is 5.91 Å². The zero-order valence-corrected chi connectivity index (χ0v) is 22.0. The van der Waals surface area contributed by atoms with Crippen molar-refractivity contribution in [2.45, 2.75) is 26.3 Å². The number of fused-ring (bicyclic) bond motifs is 1. The zero-order chi connectivity index (χ0) is 27.2. The van der Waals surface area contributed by atoms with E-state index in [1.165, 1.54) is 18.2 Å². The van der Waals surface area contributed by atoms with Crippen molar-refractivity contribution in [2.24, 2.45) is 0 Å². The van der Waals surface area contributed by atoms with Crippen molar-refractivity contribution >= 4 is 28.7 Å². The molecule has 1 aliphatic rings. The van der Waals surface area contributed by atoms with E-state index in [1.54, 1.807) is 17.0 Å². The van der Waals surface area contributed by atoms with Gasteiger partial charge >= 0.3 is 6.09 Å². The van der Waals surface area contributed by atoms with Gasteiger partial charge in [-0.3, -0.25) is 9.69 Å². The van der Waals surface area contributed by atoms with Crippen LogP contribution < -0.4 is 5.32 Å². The summed E-state index contributed by atoms with van der Waals surface area (Å²) in [5, 5.41) is 3.84. The van der Waals surface area contributed by atoms with E-state index in [9.17, 15) is 14.0 Å². The number of hydrogen-bond donors (Lipinski definition) is 1. The highest BCUT2D eigenvalue weighted by molar-refractivity contribution is 6.06. The lowest BCUT2D eigenvalue weighted by atomic mass is 10.1. The Morgan fingerprint density at radius 3 is 2.59 bits per heavy atom. The van der Waals surface area contributed by atoms with Gasteiger partial charge in [0, 0.05) is 49.2 Å². The van der Waals surface area contributed by atoms with Gasteiger partial charge in [-0.1, -0.05) is 43.7 Å². The Labute approximate surface area is 227 Å². The smallest absolute Gasteiger partial charge is 0.409 e. The summed E-state index contributed by atoms with van der Waals surface area (Å²) in [6.45, 7) is 6.16. The summed E-state index contributed by atoms with van der Waals surface area (Å²) in [6, 6.07) is 21.1. The maximum Gasteiger partial charge on any atom is 0.409 e. The minimum atomic E-state index is -0.462. The van der Waals surface area contributed by atoms with Crippen LogP contribution in [-0.2, 0) is 11.3 Å². The van der Waals surface area contributed by atoms with Crippen LogP contribution >= 0.6 is 0 Å². The van der Waals surface area contributed by atoms with Crippen molar-refractivity contribution in [3.63, 3.8) is 0 Å². The van der Waals surface area contributed by atoms with Gasteiger partial charge in [0.05, 0.1) is 12.3 Å². The Kier molecular flexibility index (Phi) is 8.22. The standard InChI is InChI=1S/C31H32FN3O4/c1-2-3-17-38-31(37)35-15-13-34(14-16-35)21-22-11-12-23-20-29(39-28(23)18-22)26-9-4-5-10-27(26)33-30(36)24-7-6-8-25(32)19-24/h4-12,18-20H,2-3,13-17,21H2,1H3,(H,33,36). The molecule has 2 amide bonds. The Balaban J connectivity index is 1.25. The minimum absolute atomic E-state index is 0.222. The molecule has 1 aromatic heterocycles. The number of anilines is 1. The van der Waals surface area contributed by atoms with Crippen LogP contribution in [0.25, 0.3) is 22.3 Å². The van der Waals surface area contributed by atoms with E-state index in [4.69, 9.17) is 9.15 Å². The second-order valence-corrected chi connectivity index (χ2v) is 9.72. The number of rotatable bonds is 8. The predicted octanol–water partition coefficient (Wildman–Crippen LogP) is 6.55. The molecule has 2 heterocycles. The van der Waals surface area contributed by atoms with E-state index in [0.717, 1.165) is 54.6 Å². The van der Waals surface area contributed by atoms with Crippen LogP contribution in [0.1, 0.15) is 35.7 Å². The van der Waals surface area contributed by atoms with Crippen LogP contribution in [0.2, 0.25) is 0 Å². The van der Waals surface area contributed by atoms with Gasteiger partial charge < -0.3 is 19.4 Å². The molecule has 0 atom stereocenters. The number of carbonyl (C=O) groups is 2. The molecule has 1 aliphatic heterocycles. The van der Waals surface area contributed by atoms with Crippen LogP contribution in [0.3, 0.4) is 0 Å². The monoisotopic (exact) mass is 529 g/mol. The number of benzene rings is 3. The number of para-hydroxylation sites is 1. The number of nitrogens with zero attached hydrogens (tertiary/aromatic N) is 2. The van der Waals surface area contributed by atoms with Gasteiger partial charge in [0.1, 0.15) is 17.2 Å². The molecule has 1 saturated heterocycles. The van der Waals surface area contributed by atoms with Crippen LogP contribution in [0.5, 0.6) is 0 Å². The summed E-state index contributed by atoms with van der Waals surface area (Å²) in [5.74, 6) is -0.224. The van der Waals surface area contributed by atoms with Gasteiger partial charge in [-0.25, -0.2) is 9.18 Å². The van der Waals surface area contributed by atoms with Crippen LogP contribution in [-0.4, -0.2) is 54.6 Å². The molecule has 0 aliphatic carbocycles. The summed E-state index contributed by atoms with van der Waals surface area (Å²) in [6.07, 6.45) is 1.67. The summed E-state index contributed by atoms with van der Waals surface area (Å²) < 4.78 is 25.2. The zero-order valence-electron chi connectivity index (χ0n) is 22.0. The number of ether oxygens (including phenoxy) is 1. The van der Waals surface area contributed by atoms with Gasteiger partial charge in [-0.15, -0.1) is 0 Å². The molecule has 0 unspecified atom stereocenters. The SMILES string of the molecule is CCCCOC(=O)N1CCN(Cc2ccc3cc(-c4ccccc4NC(=O)c4cccc(F)c4)oc3c2)CC1. The predicted molar refractivity (Wildman–Crippen MR) is 149 cm³/mol. The number of carbonyl (C=O) groups excluding carboxylic acids is 2. The maximum atomic E-state index is 13.6. The summed E-state index contributed by atoms with van der Waals surface area (Å²) in [4.78, 5) is 29.0.